The molecule has 0 aliphatic rings. The number of methoxy groups -OCH3 is 1. The first-order chi connectivity index (χ1) is 13.5. The number of benzene rings is 2. The quantitative estimate of drug-likeness (QED) is 0.508. The average Bonchev–Trinajstić information content (AvgIpc) is 2.73. The summed E-state index contributed by atoms with van der Waals surface area (Å²) in [7, 11) is 1.54. The predicted molar refractivity (Wildman–Crippen MR) is 108 cm³/mol. The van der Waals surface area contributed by atoms with E-state index in [1.54, 1.807) is 22.8 Å². The third-order valence-electron chi connectivity index (χ3n) is 5.01. The molecule has 1 atom stereocenters. The molecule has 0 bridgehead atoms. The summed E-state index contributed by atoms with van der Waals surface area (Å²) >= 11 is 0. The fourth-order valence-electron chi connectivity index (χ4n) is 3.49. The third-order valence-corrected chi connectivity index (χ3v) is 5.01. The van der Waals surface area contributed by atoms with Gasteiger partial charge in [-0.25, -0.2) is 0 Å². The van der Waals surface area contributed by atoms with Gasteiger partial charge in [0.2, 0.25) is 11.1 Å². The minimum atomic E-state index is -0.385. The van der Waals surface area contributed by atoms with Gasteiger partial charge in [-0.2, -0.15) is 4.98 Å². The summed E-state index contributed by atoms with van der Waals surface area (Å²) in [5, 5.41) is 0.299. The second-order valence-electron chi connectivity index (χ2n) is 6.62. The van der Waals surface area contributed by atoms with Gasteiger partial charge in [0.05, 0.1) is 18.5 Å². The Morgan fingerprint density at radius 2 is 1.89 bits per heavy atom. The normalized spacial score (nSPS) is 12.4. The maximum absolute atomic E-state index is 13.3. The van der Waals surface area contributed by atoms with Crippen molar-refractivity contribution >= 4 is 22.1 Å². The molecule has 2 aromatic heterocycles. The molecule has 6 nitrogen and oxygen atoms in total. The van der Waals surface area contributed by atoms with Crippen molar-refractivity contribution < 1.29 is 9.15 Å². The SMILES string of the molecule is CCc1nc2oc3cc(OC)ccc3c(=O)c2c(=O)n1[C@H](C)c1ccccc1. The molecule has 0 aliphatic heterocycles. The molecular formula is C22H20N2O4. The van der Waals surface area contributed by atoms with Crippen LogP contribution in [0.3, 0.4) is 0 Å². The lowest BCUT2D eigenvalue weighted by Gasteiger charge is -2.19. The van der Waals surface area contributed by atoms with Crippen LogP contribution < -0.4 is 15.7 Å². The van der Waals surface area contributed by atoms with Gasteiger partial charge in [-0.05, 0) is 24.6 Å². The Bertz CT molecular complexity index is 1290. The molecule has 0 fully saturated rings. The Labute approximate surface area is 161 Å². The lowest BCUT2D eigenvalue weighted by atomic mass is 10.1. The summed E-state index contributed by atoms with van der Waals surface area (Å²) in [6, 6.07) is 14.3. The fraction of sp³-hybridized carbons (Fsp3) is 0.227. The second-order valence-corrected chi connectivity index (χ2v) is 6.62. The van der Waals surface area contributed by atoms with Gasteiger partial charge in [-0.1, -0.05) is 37.3 Å². The van der Waals surface area contributed by atoms with Crippen LogP contribution in [0.1, 0.15) is 31.3 Å². The van der Waals surface area contributed by atoms with Crippen molar-refractivity contribution in [3.05, 3.63) is 80.5 Å². The van der Waals surface area contributed by atoms with Gasteiger partial charge >= 0.3 is 0 Å². The maximum Gasteiger partial charge on any atom is 0.269 e. The highest BCUT2D eigenvalue weighted by Gasteiger charge is 2.21. The molecule has 0 amide bonds. The van der Waals surface area contributed by atoms with E-state index < -0.39 is 0 Å². The smallest absolute Gasteiger partial charge is 0.269 e. The van der Waals surface area contributed by atoms with Crippen molar-refractivity contribution in [2.75, 3.05) is 7.11 Å². The Kier molecular flexibility index (Phi) is 4.47. The monoisotopic (exact) mass is 376 g/mol. The van der Waals surface area contributed by atoms with Crippen molar-refractivity contribution in [2.24, 2.45) is 0 Å². The Hall–Kier alpha value is -3.41. The number of rotatable bonds is 4. The zero-order chi connectivity index (χ0) is 19.8. The van der Waals surface area contributed by atoms with E-state index in [1.165, 1.54) is 7.11 Å². The van der Waals surface area contributed by atoms with Crippen LogP contribution in [0.5, 0.6) is 5.75 Å². The maximum atomic E-state index is 13.3. The van der Waals surface area contributed by atoms with Crippen LogP contribution in [-0.2, 0) is 6.42 Å². The molecule has 0 saturated carbocycles. The highest BCUT2D eigenvalue weighted by molar-refractivity contribution is 5.88. The summed E-state index contributed by atoms with van der Waals surface area (Å²) in [6.07, 6.45) is 0.530. The zero-order valence-electron chi connectivity index (χ0n) is 15.9. The minimum Gasteiger partial charge on any atom is -0.497 e. The summed E-state index contributed by atoms with van der Waals surface area (Å²) < 4.78 is 12.6. The first-order valence-corrected chi connectivity index (χ1v) is 9.16. The second kappa shape index (κ2) is 6.96. The molecule has 142 valence electrons. The van der Waals surface area contributed by atoms with Crippen molar-refractivity contribution in [2.45, 2.75) is 26.3 Å². The van der Waals surface area contributed by atoms with Crippen molar-refractivity contribution in [3.63, 3.8) is 0 Å². The van der Waals surface area contributed by atoms with Gasteiger partial charge in [-0.15, -0.1) is 0 Å². The van der Waals surface area contributed by atoms with Crippen LogP contribution in [0.2, 0.25) is 0 Å². The summed E-state index contributed by atoms with van der Waals surface area (Å²) in [5.41, 5.74) is 0.608. The largest absolute Gasteiger partial charge is 0.497 e. The van der Waals surface area contributed by atoms with Gasteiger partial charge in [0, 0.05) is 12.5 Å². The highest BCUT2D eigenvalue weighted by Crippen LogP contribution is 2.23. The van der Waals surface area contributed by atoms with Crippen LogP contribution in [-0.4, -0.2) is 16.7 Å². The number of hydrogen-bond donors (Lipinski definition) is 0. The van der Waals surface area contributed by atoms with E-state index in [4.69, 9.17) is 9.15 Å². The lowest BCUT2D eigenvalue weighted by molar-refractivity contribution is 0.414. The van der Waals surface area contributed by atoms with E-state index >= 15 is 0 Å². The molecular weight excluding hydrogens is 356 g/mol. The Morgan fingerprint density at radius 3 is 2.57 bits per heavy atom. The van der Waals surface area contributed by atoms with Crippen molar-refractivity contribution in [1.29, 1.82) is 0 Å². The van der Waals surface area contributed by atoms with E-state index in [9.17, 15) is 9.59 Å². The first kappa shape index (κ1) is 18.0. The van der Waals surface area contributed by atoms with Gasteiger partial charge in [0.25, 0.3) is 5.56 Å². The van der Waals surface area contributed by atoms with Gasteiger partial charge in [-0.3, -0.25) is 14.2 Å². The van der Waals surface area contributed by atoms with E-state index in [-0.39, 0.29) is 28.1 Å². The summed E-state index contributed by atoms with van der Waals surface area (Å²) in [5.74, 6) is 1.14. The molecule has 0 saturated heterocycles. The van der Waals surface area contributed by atoms with Crippen LogP contribution in [0, 0.1) is 0 Å². The van der Waals surface area contributed by atoms with Crippen LogP contribution in [0.4, 0.5) is 0 Å². The van der Waals surface area contributed by atoms with E-state index in [0.29, 0.717) is 29.0 Å². The van der Waals surface area contributed by atoms with Gasteiger partial charge in [0.1, 0.15) is 17.2 Å². The van der Waals surface area contributed by atoms with Crippen molar-refractivity contribution in [3.8, 4) is 5.75 Å². The van der Waals surface area contributed by atoms with Crippen molar-refractivity contribution in [1.82, 2.24) is 9.55 Å². The van der Waals surface area contributed by atoms with Crippen LogP contribution >= 0.6 is 0 Å². The third kappa shape index (κ3) is 2.78. The number of fused-ring (bicyclic) bond motifs is 2. The van der Waals surface area contributed by atoms with E-state index in [0.717, 1.165) is 5.56 Å². The molecule has 28 heavy (non-hydrogen) atoms. The minimum absolute atomic E-state index is 0.0300. The molecule has 0 radical (unpaired) electrons. The molecule has 4 rings (SSSR count). The Balaban J connectivity index is 2.06. The van der Waals surface area contributed by atoms with E-state index in [1.807, 2.05) is 44.2 Å². The molecule has 2 aromatic carbocycles. The molecule has 0 aliphatic carbocycles. The molecule has 0 spiro atoms. The standard InChI is InChI=1S/C22H20N2O4/c1-4-18-23-21-19(20(25)16-11-10-15(27-3)12-17(16)28-21)22(26)24(18)13(2)14-8-6-5-7-9-14/h5-13H,4H2,1-3H3/t13-/m1/s1. The number of hydrogen-bond acceptors (Lipinski definition) is 5. The summed E-state index contributed by atoms with van der Waals surface area (Å²) in [6.45, 7) is 3.85. The number of nitrogens with zero attached hydrogens (tertiary/aromatic N) is 2. The molecule has 0 unspecified atom stereocenters. The van der Waals surface area contributed by atoms with Crippen LogP contribution in [0.25, 0.3) is 22.1 Å². The van der Waals surface area contributed by atoms with Crippen LogP contribution in [0.15, 0.2) is 62.5 Å². The highest BCUT2D eigenvalue weighted by atomic mass is 16.5. The molecule has 2 heterocycles. The number of ether oxygens (including phenoxy) is 1. The zero-order valence-corrected chi connectivity index (χ0v) is 15.9. The predicted octanol–water partition coefficient (Wildman–Crippen LogP) is 3.68. The molecule has 0 N–H and O–H groups in total. The summed E-state index contributed by atoms with van der Waals surface area (Å²) in [4.78, 5) is 30.9. The van der Waals surface area contributed by atoms with Gasteiger partial charge in [0.15, 0.2) is 5.39 Å². The average molecular weight is 376 g/mol. The number of aryl methyl sites for hydroxylation is 1. The van der Waals surface area contributed by atoms with E-state index in [2.05, 4.69) is 4.98 Å². The molecule has 4 aromatic rings. The first-order valence-electron chi connectivity index (χ1n) is 9.16. The fourth-order valence-corrected chi connectivity index (χ4v) is 3.49. The Morgan fingerprint density at radius 1 is 1.14 bits per heavy atom. The molecule has 6 heteroatoms. The topological polar surface area (TPSA) is 74.3 Å². The number of aromatic nitrogens is 2. The lowest BCUT2D eigenvalue weighted by Crippen LogP contribution is -2.31. The van der Waals surface area contributed by atoms with Gasteiger partial charge < -0.3 is 9.15 Å².